The summed E-state index contributed by atoms with van der Waals surface area (Å²) in [5.41, 5.74) is 0.0904. The lowest BCUT2D eigenvalue weighted by molar-refractivity contribution is -0.112. The summed E-state index contributed by atoms with van der Waals surface area (Å²) in [5, 5.41) is 0. The van der Waals surface area contributed by atoms with Gasteiger partial charge in [-0.3, -0.25) is 9.36 Å². The number of carbonyl (C=O) groups is 1. The summed E-state index contributed by atoms with van der Waals surface area (Å²) in [6, 6.07) is 3.18. The van der Waals surface area contributed by atoms with Crippen LogP contribution in [0.2, 0.25) is 0 Å². The van der Waals surface area contributed by atoms with Gasteiger partial charge in [-0.1, -0.05) is 0 Å². The molecule has 0 radical (unpaired) electrons. The molecule has 1 atom stereocenters. The Labute approximate surface area is 101 Å². The SMILES string of the molecule is COc1ccc2ncc(=O)n(CC(F)C=O)c2n1. The molecule has 0 N–H and O–H groups in total. The van der Waals surface area contributed by atoms with Crippen molar-refractivity contribution in [3.05, 3.63) is 28.7 Å². The second-order valence-electron chi connectivity index (χ2n) is 3.56. The van der Waals surface area contributed by atoms with Crippen molar-refractivity contribution in [2.24, 2.45) is 0 Å². The molecule has 0 saturated carbocycles. The number of alkyl halides is 1. The Kier molecular flexibility index (Phi) is 3.31. The lowest BCUT2D eigenvalue weighted by Crippen LogP contribution is -2.26. The van der Waals surface area contributed by atoms with Crippen LogP contribution in [0, 0.1) is 0 Å². The van der Waals surface area contributed by atoms with Crippen LogP contribution < -0.4 is 10.3 Å². The average Bonchev–Trinajstić information content (AvgIpc) is 2.41. The van der Waals surface area contributed by atoms with Crippen molar-refractivity contribution in [2.45, 2.75) is 12.7 Å². The average molecular weight is 251 g/mol. The van der Waals surface area contributed by atoms with E-state index in [2.05, 4.69) is 9.97 Å². The summed E-state index contributed by atoms with van der Waals surface area (Å²) in [6.07, 6.45) is -0.561. The molecule has 94 valence electrons. The molecule has 0 bridgehead atoms. The molecule has 0 saturated heterocycles. The van der Waals surface area contributed by atoms with Crippen LogP contribution in [0.3, 0.4) is 0 Å². The zero-order valence-electron chi connectivity index (χ0n) is 9.54. The number of carbonyl (C=O) groups excluding carboxylic acids is 1. The zero-order chi connectivity index (χ0) is 13.1. The fourth-order valence-corrected chi connectivity index (χ4v) is 1.53. The van der Waals surface area contributed by atoms with Crippen LogP contribution in [-0.4, -0.2) is 34.1 Å². The number of methoxy groups -OCH3 is 1. The van der Waals surface area contributed by atoms with Gasteiger partial charge in [0.05, 0.1) is 19.9 Å². The minimum Gasteiger partial charge on any atom is -0.481 e. The van der Waals surface area contributed by atoms with Gasteiger partial charge in [0.2, 0.25) is 5.88 Å². The first-order valence-corrected chi connectivity index (χ1v) is 5.15. The summed E-state index contributed by atoms with van der Waals surface area (Å²) >= 11 is 0. The van der Waals surface area contributed by atoms with E-state index in [-0.39, 0.29) is 24.4 Å². The van der Waals surface area contributed by atoms with Gasteiger partial charge < -0.3 is 9.53 Å². The predicted molar refractivity (Wildman–Crippen MR) is 61.3 cm³/mol. The van der Waals surface area contributed by atoms with Gasteiger partial charge in [-0.15, -0.1) is 0 Å². The quantitative estimate of drug-likeness (QED) is 0.732. The fourth-order valence-electron chi connectivity index (χ4n) is 1.53. The van der Waals surface area contributed by atoms with Crippen LogP contribution in [0.15, 0.2) is 23.1 Å². The van der Waals surface area contributed by atoms with E-state index < -0.39 is 11.7 Å². The van der Waals surface area contributed by atoms with Crippen molar-refractivity contribution in [2.75, 3.05) is 7.11 Å². The van der Waals surface area contributed by atoms with E-state index in [0.717, 1.165) is 10.8 Å². The normalized spacial score (nSPS) is 12.3. The summed E-state index contributed by atoms with van der Waals surface area (Å²) in [4.78, 5) is 29.9. The molecule has 0 amide bonds. The molecular weight excluding hydrogens is 241 g/mol. The summed E-state index contributed by atoms with van der Waals surface area (Å²) < 4.78 is 19.1. The topological polar surface area (TPSA) is 74.1 Å². The largest absolute Gasteiger partial charge is 0.481 e. The van der Waals surface area contributed by atoms with Crippen molar-refractivity contribution in [1.29, 1.82) is 0 Å². The lowest BCUT2D eigenvalue weighted by atomic mass is 10.3. The lowest BCUT2D eigenvalue weighted by Gasteiger charge is -2.09. The molecule has 0 spiro atoms. The van der Waals surface area contributed by atoms with Crippen molar-refractivity contribution in [3.63, 3.8) is 0 Å². The third kappa shape index (κ3) is 2.20. The van der Waals surface area contributed by atoms with E-state index >= 15 is 0 Å². The van der Waals surface area contributed by atoms with Crippen molar-refractivity contribution < 1.29 is 13.9 Å². The van der Waals surface area contributed by atoms with Gasteiger partial charge in [0.1, 0.15) is 5.52 Å². The Balaban J connectivity index is 2.64. The number of aldehydes is 1. The Morgan fingerprint density at radius 3 is 3.00 bits per heavy atom. The maximum absolute atomic E-state index is 13.1. The van der Waals surface area contributed by atoms with Crippen LogP contribution in [0.25, 0.3) is 11.2 Å². The molecule has 7 heteroatoms. The molecule has 0 aliphatic carbocycles. The highest BCUT2D eigenvalue weighted by Crippen LogP contribution is 2.13. The summed E-state index contributed by atoms with van der Waals surface area (Å²) in [7, 11) is 1.43. The van der Waals surface area contributed by atoms with E-state index in [0.29, 0.717) is 5.52 Å². The van der Waals surface area contributed by atoms with Gasteiger partial charge >= 0.3 is 0 Å². The highest BCUT2D eigenvalue weighted by molar-refractivity contribution is 5.70. The summed E-state index contributed by atoms with van der Waals surface area (Å²) in [5.74, 6) is 0.283. The molecule has 0 aliphatic heterocycles. The Hall–Kier alpha value is -2.31. The van der Waals surface area contributed by atoms with E-state index in [1.54, 1.807) is 12.1 Å². The monoisotopic (exact) mass is 251 g/mol. The number of halogens is 1. The van der Waals surface area contributed by atoms with Gasteiger partial charge in [0, 0.05) is 6.07 Å². The molecule has 0 aromatic carbocycles. The molecule has 18 heavy (non-hydrogen) atoms. The maximum atomic E-state index is 13.1. The first-order chi connectivity index (χ1) is 8.65. The number of rotatable bonds is 4. The van der Waals surface area contributed by atoms with Crippen molar-refractivity contribution in [1.82, 2.24) is 14.5 Å². The van der Waals surface area contributed by atoms with E-state index in [4.69, 9.17) is 4.74 Å². The van der Waals surface area contributed by atoms with E-state index in [9.17, 15) is 14.0 Å². The maximum Gasteiger partial charge on any atom is 0.270 e. The van der Waals surface area contributed by atoms with Gasteiger partial charge in [0.25, 0.3) is 5.56 Å². The van der Waals surface area contributed by atoms with Crippen LogP contribution in [0.4, 0.5) is 4.39 Å². The number of pyridine rings is 1. The van der Waals surface area contributed by atoms with Crippen molar-refractivity contribution in [3.8, 4) is 5.88 Å². The molecule has 2 aromatic heterocycles. The molecule has 1 unspecified atom stereocenters. The first kappa shape index (κ1) is 12.2. The third-order valence-corrected chi connectivity index (χ3v) is 2.38. The molecule has 0 fully saturated rings. The molecule has 0 aliphatic rings. The van der Waals surface area contributed by atoms with Gasteiger partial charge in [-0.05, 0) is 6.07 Å². The number of aromatic nitrogens is 3. The van der Waals surface area contributed by atoms with Crippen LogP contribution in [0.5, 0.6) is 5.88 Å². The minimum absolute atomic E-state index is 0.138. The number of hydrogen-bond donors (Lipinski definition) is 0. The molecule has 2 aromatic rings. The fraction of sp³-hybridized carbons (Fsp3) is 0.273. The van der Waals surface area contributed by atoms with Gasteiger partial charge in [-0.2, -0.15) is 4.98 Å². The first-order valence-electron chi connectivity index (χ1n) is 5.15. The van der Waals surface area contributed by atoms with Crippen LogP contribution in [0.1, 0.15) is 0 Å². The Bertz CT molecular complexity index is 641. The molecule has 2 heterocycles. The number of nitrogens with zero attached hydrogens (tertiary/aromatic N) is 3. The van der Waals surface area contributed by atoms with Crippen LogP contribution in [-0.2, 0) is 11.3 Å². The highest BCUT2D eigenvalue weighted by atomic mass is 19.1. The standard InChI is InChI=1S/C11H10FN3O3/c1-18-9-3-2-8-11(14-9)15(5-7(12)6-16)10(17)4-13-8/h2-4,6-7H,5H2,1H3. The van der Waals surface area contributed by atoms with Gasteiger partial charge in [-0.25, -0.2) is 9.37 Å². The predicted octanol–water partition coefficient (Wildman–Crippen LogP) is 0.337. The smallest absolute Gasteiger partial charge is 0.270 e. The zero-order valence-corrected chi connectivity index (χ0v) is 9.54. The molecule has 6 nitrogen and oxygen atoms in total. The second-order valence-corrected chi connectivity index (χ2v) is 3.56. The Morgan fingerprint density at radius 1 is 1.56 bits per heavy atom. The van der Waals surface area contributed by atoms with Crippen LogP contribution >= 0.6 is 0 Å². The highest BCUT2D eigenvalue weighted by Gasteiger charge is 2.12. The van der Waals surface area contributed by atoms with Gasteiger partial charge in [0.15, 0.2) is 18.1 Å². The number of ether oxygens (including phenoxy) is 1. The second kappa shape index (κ2) is 4.91. The number of hydrogen-bond acceptors (Lipinski definition) is 5. The minimum atomic E-state index is -1.76. The Morgan fingerprint density at radius 2 is 2.33 bits per heavy atom. The molecular formula is C11H10FN3O3. The van der Waals surface area contributed by atoms with Crippen molar-refractivity contribution >= 4 is 17.5 Å². The third-order valence-electron chi connectivity index (χ3n) is 2.38. The number of fused-ring (bicyclic) bond motifs is 1. The summed E-state index contributed by atoms with van der Waals surface area (Å²) in [6.45, 7) is -0.387. The van der Waals surface area contributed by atoms with E-state index in [1.807, 2.05) is 0 Å². The van der Waals surface area contributed by atoms with E-state index in [1.165, 1.54) is 7.11 Å². The molecule has 2 rings (SSSR count).